The van der Waals surface area contributed by atoms with Crippen LogP contribution in [-0.4, -0.2) is 13.1 Å². The fraction of sp³-hybridized carbons (Fsp3) is 0.667. The van der Waals surface area contributed by atoms with Gasteiger partial charge < -0.3 is 12.7 Å². The molecule has 13 heavy (non-hydrogen) atoms. The van der Waals surface area contributed by atoms with Crippen molar-refractivity contribution in [2.24, 2.45) is 5.92 Å². The Morgan fingerprint density at radius 3 is 2.31 bits per heavy atom. The van der Waals surface area contributed by atoms with Crippen LogP contribution in [0.4, 0.5) is 0 Å². The van der Waals surface area contributed by atoms with Gasteiger partial charge in [-0.05, 0) is 44.2 Å². The van der Waals surface area contributed by atoms with Crippen LogP contribution >= 0.6 is 31.9 Å². The SMILES string of the molecule is BrC(Br)=CCC1CC[N-]CC1.[CH3-].[W+2]. The Labute approximate surface area is 113 Å². The summed E-state index contributed by atoms with van der Waals surface area (Å²) >= 11 is 6.71. The zero-order valence-corrected chi connectivity index (χ0v) is 13.9. The van der Waals surface area contributed by atoms with E-state index in [1.165, 1.54) is 19.3 Å². The molecule has 0 atom stereocenters. The quantitative estimate of drug-likeness (QED) is 0.525. The van der Waals surface area contributed by atoms with Gasteiger partial charge in [0.25, 0.3) is 0 Å². The van der Waals surface area contributed by atoms with Gasteiger partial charge in [0.1, 0.15) is 0 Å². The first-order valence-corrected chi connectivity index (χ1v) is 5.52. The summed E-state index contributed by atoms with van der Waals surface area (Å²) in [7, 11) is 0. The summed E-state index contributed by atoms with van der Waals surface area (Å²) in [4.78, 5) is 0. The molecule has 0 saturated carbocycles. The van der Waals surface area contributed by atoms with Crippen LogP contribution in [0, 0.1) is 13.3 Å². The summed E-state index contributed by atoms with van der Waals surface area (Å²) in [5.74, 6) is 0.859. The molecule has 0 aromatic rings. The zero-order valence-electron chi connectivity index (χ0n) is 7.80. The van der Waals surface area contributed by atoms with Gasteiger partial charge in [-0.25, -0.2) is 0 Å². The van der Waals surface area contributed by atoms with Gasteiger partial charge in [-0.1, -0.05) is 18.9 Å². The van der Waals surface area contributed by atoms with Crippen molar-refractivity contribution in [1.82, 2.24) is 0 Å². The number of rotatable bonds is 2. The molecule has 1 aliphatic rings. The van der Waals surface area contributed by atoms with E-state index in [2.05, 4.69) is 43.3 Å². The third kappa shape index (κ3) is 8.35. The molecule has 0 aliphatic carbocycles. The van der Waals surface area contributed by atoms with Gasteiger partial charge in [-0.15, -0.1) is 13.1 Å². The number of piperidine rings is 1. The summed E-state index contributed by atoms with van der Waals surface area (Å²) in [6, 6.07) is 0. The molecule has 1 saturated heterocycles. The van der Waals surface area contributed by atoms with Crippen molar-refractivity contribution >= 4 is 31.9 Å². The van der Waals surface area contributed by atoms with Crippen molar-refractivity contribution in [2.45, 2.75) is 19.3 Å². The molecule has 4 heteroatoms. The summed E-state index contributed by atoms with van der Waals surface area (Å²) in [5, 5.41) is 4.31. The van der Waals surface area contributed by atoms with E-state index in [9.17, 15) is 0 Å². The number of nitrogens with zero attached hydrogens (tertiary/aromatic N) is 1. The first kappa shape index (κ1) is 16.8. The smallest absolute Gasteiger partial charge is 0.662 e. The van der Waals surface area contributed by atoms with Crippen LogP contribution < -0.4 is 0 Å². The maximum absolute atomic E-state index is 4.31. The minimum absolute atomic E-state index is 0. The summed E-state index contributed by atoms with van der Waals surface area (Å²) in [6.45, 7) is 2.14. The topological polar surface area (TPSA) is 14.1 Å². The van der Waals surface area contributed by atoms with Crippen molar-refractivity contribution in [3.05, 3.63) is 22.2 Å². The van der Waals surface area contributed by atoms with Crippen LogP contribution in [0.5, 0.6) is 0 Å². The van der Waals surface area contributed by atoms with E-state index in [4.69, 9.17) is 0 Å². The summed E-state index contributed by atoms with van der Waals surface area (Å²) in [6.07, 6.45) is 5.91. The van der Waals surface area contributed by atoms with Crippen LogP contribution in [0.25, 0.3) is 5.32 Å². The van der Waals surface area contributed by atoms with Gasteiger partial charge in [-0.3, -0.25) is 0 Å². The maximum Gasteiger partial charge on any atom is 2.00 e. The third-order valence-corrected chi connectivity index (χ3v) is 2.64. The molecular weight excluding hydrogens is 466 g/mol. The molecule has 0 spiro atoms. The van der Waals surface area contributed by atoms with Crippen LogP contribution in [0.2, 0.25) is 0 Å². The summed E-state index contributed by atoms with van der Waals surface area (Å²) < 4.78 is 1.08. The van der Waals surface area contributed by atoms with Crippen molar-refractivity contribution in [2.75, 3.05) is 13.1 Å². The average molecular weight is 481 g/mol. The molecule has 1 rings (SSSR count). The number of hydrogen-bond donors (Lipinski definition) is 0. The fourth-order valence-corrected chi connectivity index (χ4v) is 1.67. The van der Waals surface area contributed by atoms with Crippen LogP contribution in [0.15, 0.2) is 9.47 Å². The standard InChI is InChI=1S/C8H12Br2N.CH3.W/c9-8(10)2-1-7-3-5-11-6-4-7;;/h2,7H,1,3-6H2;1H3;/q2*-1;+2. The Hall–Kier alpha value is 1.35. The van der Waals surface area contributed by atoms with E-state index < -0.39 is 0 Å². The van der Waals surface area contributed by atoms with Gasteiger partial charge in [0.15, 0.2) is 0 Å². The van der Waals surface area contributed by atoms with Gasteiger partial charge in [0, 0.05) is 0 Å². The van der Waals surface area contributed by atoms with E-state index in [0.717, 1.165) is 22.4 Å². The monoisotopic (exact) mass is 479 g/mol. The number of hydrogen-bond acceptors (Lipinski definition) is 0. The average Bonchev–Trinajstić information content (AvgIpc) is 2.03. The second-order valence-electron chi connectivity index (χ2n) is 2.84. The molecule has 1 nitrogen and oxygen atoms in total. The molecule has 0 amide bonds. The Morgan fingerprint density at radius 2 is 1.85 bits per heavy atom. The molecular formula is C9H15Br2NW. The van der Waals surface area contributed by atoms with Crippen LogP contribution in [0.3, 0.4) is 0 Å². The van der Waals surface area contributed by atoms with Gasteiger partial charge >= 0.3 is 21.1 Å². The normalized spacial score (nSPS) is 16.8. The van der Waals surface area contributed by atoms with Crippen LogP contribution in [-0.2, 0) is 21.1 Å². The van der Waals surface area contributed by atoms with Crippen molar-refractivity contribution in [1.29, 1.82) is 0 Å². The Bertz CT molecular complexity index is 141. The van der Waals surface area contributed by atoms with Gasteiger partial charge in [0.2, 0.25) is 0 Å². The minimum Gasteiger partial charge on any atom is -0.662 e. The largest absolute Gasteiger partial charge is 2.00 e. The van der Waals surface area contributed by atoms with Crippen molar-refractivity contribution in [3.63, 3.8) is 0 Å². The third-order valence-electron chi connectivity index (χ3n) is 2.00. The van der Waals surface area contributed by atoms with E-state index >= 15 is 0 Å². The molecule has 0 radical (unpaired) electrons. The Morgan fingerprint density at radius 1 is 1.31 bits per heavy atom. The Kier molecular flexibility index (Phi) is 12.8. The zero-order chi connectivity index (χ0) is 8.10. The number of allylic oxidation sites excluding steroid dienone is 1. The predicted octanol–water partition coefficient (Wildman–Crippen LogP) is 4.24. The Balaban J connectivity index is 0. The molecule has 1 heterocycles. The second-order valence-corrected chi connectivity index (χ2v) is 5.62. The molecule has 76 valence electrons. The minimum atomic E-state index is 0. The second kappa shape index (κ2) is 9.89. The first-order chi connectivity index (χ1) is 5.29. The van der Waals surface area contributed by atoms with Gasteiger partial charge in [-0.2, -0.15) is 0 Å². The molecule has 0 N–H and O–H groups in total. The predicted molar refractivity (Wildman–Crippen MR) is 62.8 cm³/mol. The number of halogens is 2. The molecule has 0 bridgehead atoms. The van der Waals surface area contributed by atoms with E-state index in [-0.39, 0.29) is 28.5 Å². The summed E-state index contributed by atoms with van der Waals surface area (Å²) in [5.41, 5.74) is 0. The molecule has 0 aromatic carbocycles. The molecule has 0 unspecified atom stereocenters. The molecule has 1 aliphatic heterocycles. The first-order valence-electron chi connectivity index (χ1n) is 3.93. The maximum atomic E-state index is 4.31. The molecule has 0 aromatic heterocycles. The van der Waals surface area contributed by atoms with E-state index in [1.54, 1.807) is 0 Å². The van der Waals surface area contributed by atoms with E-state index in [1.807, 2.05) is 0 Å². The van der Waals surface area contributed by atoms with Crippen molar-refractivity contribution in [3.8, 4) is 0 Å². The van der Waals surface area contributed by atoms with Crippen LogP contribution in [0.1, 0.15) is 19.3 Å². The van der Waals surface area contributed by atoms with Gasteiger partial charge in [0.05, 0.1) is 3.39 Å². The van der Waals surface area contributed by atoms with Crippen molar-refractivity contribution < 1.29 is 21.1 Å². The molecule has 1 fully saturated rings. The fourth-order valence-electron chi connectivity index (χ4n) is 1.30. The van der Waals surface area contributed by atoms with E-state index in [0.29, 0.717) is 0 Å².